The summed E-state index contributed by atoms with van der Waals surface area (Å²) in [5.74, 6) is 3.25. The largest absolute Gasteiger partial charge is 0.282 e. The zero-order valence-corrected chi connectivity index (χ0v) is 11.5. The lowest BCUT2D eigenvalue weighted by atomic mass is 10.2. The van der Waals surface area contributed by atoms with Crippen LogP contribution in [0.5, 0.6) is 0 Å². The molecule has 0 aromatic carbocycles. The molecule has 0 fully saturated rings. The van der Waals surface area contributed by atoms with Gasteiger partial charge in [-0.2, -0.15) is 0 Å². The topological polar surface area (TPSA) is 59.1 Å². The van der Waals surface area contributed by atoms with Crippen molar-refractivity contribution >= 4 is 32.8 Å². The average Bonchev–Trinajstić information content (AvgIpc) is 2.44. The highest BCUT2D eigenvalue weighted by Gasteiger charge is 2.17. The Bertz CT molecular complexity index is 501. The van der Waals surface area contributed by atoms with E-state index < -0.39 is 15.6 Å². The molecule has 0 saturated carbocycles. The Kier molecular flexibility index (Phi) is 3.75. The van der Waals surface area contributed by atoms with Crippen LogP contribution in [0, 0.1) is 6.92 Å². The zero-order valence-electron chi connectivity index (χ0n) is 9.86. The van der Waals surface area contributed by atoms with Gasteiger partial charge in [0, 0.05) is 26.8 Å². The van der Waals surface area contributed by atoms with Crippen LogP contribution in [-0.4, -0.2) is 27.2 Å². The molecule has 0 saturated heterocycles. The lowest BCUT2D eigenvalue weighted by molar-refractivity contribution is 0.0978. The first-order chi connectivity index (χ1) is 7.20. The summed E-state index contributed by atoms with van der Waals surface area (Å²) in [5.41, 5.74) is 0.354. The van der Waals surface area contributed by atoms with Crippen molar-refractivity contribution in [2.45, 2.75) is 26.7 Å². The highest BCUT2D eigenvalue weighted by Crippen LogP contribution is 2.23. The second-order valence-corrected chi connectivity index (χ2v) is 7.50. The molecule has 1 atom stereocenters. The Labute approximate surface area is 100 Å². The molecule has 0 aliphatic carbocycles. The fraction of sp³-hybridized carbons (Fsp3) is 0.500. The van der Waals surface area contributed by atoms with Crippen molar-refractivity contribution in [1.29, 1.82) is 0 Å². The van der Waals surface area contributed by atoms with E-state index in [-0.39, 0.29) is 5.92 Å². The summed E-state index contributed by atoms with van der Waals surface area (Å²) in [5, 5.41) is 0.911. The molecule has 0 spiro atoms. The molecule has 90 valence electrons. The van der Waals surface area contributed by atoms with Crippen molar-refractivity contribution in [3.05, 3.63) is 15.6 Å². The summed E-state index contributed by atoms with van der Waals surface area (Å²) in [6.45, 7) is 5.87. The number of hydrogen-bond acceptors (Lipinski definition) is 4. The van der Waals surface area contributed by atoms with Gasteiger partial charge in [0.15, 0.2) is 0 Å². The number of thiazole rings is 1. The van der Waals surface area contributed by atoms with E-state index in [1.165, 1.54) is 17.6 Å². The molecule has 16 heavy (non-hydrogen) atoms. The predicted octanol–water partition coefficient (Wildman–Crippen LogP) is 1.57. The van der Waals surface area contributed by atoms with E-state index in [0.717, 1.165) is 9.88 Å². The fourth-order valence-electron chi connectivity index (χ4n) is 1.12. The Hall–Kier alpha value is -0.880. The number of hydrogen-bond donors (Lipinski definition) is 1. The van der Waals surface area contributed by atoms with Crippen LogP contribution in [0.2, 0.25) is 0 Å². The third kappa shape index (κ3) is 3.31. The zero-order chi connectivity index (χ0) is 12.5. The SMILES string of the molecule is C=S(C)(=O)NC(=O)c1nc(C(C)C)sc1C. The third-order valence-corrected chi connectivity index (χ3v) is 3.72. The Balaban J connectivity index is 3.01. The minimum atomic E-state index is -2.53. The number of nitrogens with one attached hydrogen (secondary N) is 1. The summed E-state index contributed by atoms with van der Waals surface area (Å²) in [7, 11) is -2.53. The molecule has 1 amide bonds. The fourth-order valence-corrected chi connectivity index (χ4v) is 2.53. The van der Waals surface area contributed by atoms with E-state index in [1.807, 2.05) is 20.8 Å². The molecule has 1 aromatic heterocycles. The van der Waals surface area contributed by atoms with Crippen molar-refractivity contribution in [3.63, 3.8) is 0 Å². The summed E-state index contributed by atoms with van der Waals surface area (Å²) in [6.07, 6.45) is 1.38. The summed E-state index contributed by atoms with van der Waals surface area (Å²) < 4.78 is 13.7. The van der Waals surface area contributed by atoms with Gasteiger partial charge in [-0.05, 0) is 12.8 Å². The van der Waals surface area contributed by atoms with Crippen molar-refractivity contribution < 1.29 is 9.00 Å². The van der Waals surface area contributed by atoms with E-state index in [4.69, 9.17) is 0 Å². The standard InChI is InChI=1S/C10H16N2O2S2/c1-6(2)10-11-8(7(3)15-10)9(13)12-16(4,5)14/h6H,4H2,1-3,5H3,(H,12,13,14). The van der Waals surface area contributed by atoms with Gasteiger partial charge in [0.05, 0.1) is 5.01 Å². The van der Waals surface area contributed by atoms with Crippen LogP contribution in [0.4, 0.5) is 0 Å². The van der Waals surface area contributed by atoms with E-state index in [1.54, 1.807) is 0 Å². The Morgan fingerprint density at radius 2 is 2.12 bits per heavy atom. The van der Waals surface area contributed by atoms with Gasteiger partial charge in [-0.15, -0.1) is 11.3 Å². The lowest BCUT2D eigenvalue weighted by Gasteiger charge is -2.04. The van der Waals surface area contributed by atoms with Crippen molar-refractivity contribution in [1.82, 2.24) is 9.71 Å². The highest BCUT2D eigenvalue weighted by molar-refractivity contribution is 7.98. The van der Waals surface area contributed by atoms with Gasteiger partial charge in [-0.3, -0.25) is 9.52 Å². The van der Waals surface area contributed by atoms with Crippen LogP contribution in [-0.2, 0) is 9.71 Å². The van der Waals surface area contributed by atoms with Gasteiger partial charge in [0.25, 0.3) is 5.91 Å². The minimum absolute atomic E-state index is 0.288. The maximum Gasteiger partial charge on any atom is 0.282 e. The average molecular weight is 260 g/mol. The monoisotopic (exact) mass is 260 g/mol. The number of amides is 1. The summed E-state index contributed by atoms with van der Waals surface area (Å²) in [4.78, 5) is 16.8. The van der Waals surface area contributed by atoms with Crippen molar-refractivity contribution in [2.75, 3.05) is 6.26 Å². The Morgan fingerprint density at radius 1 is 1.56 bits per heavy atom. The first-order valence-electron chi connectivity index (χ1n) is 4.82. The van der Waals surface area contributed by atoms with Gasteiger partial charge < -0.3 is 0 Å². The van der Waals surface area contributed by atoms with Crippen molar-refractivity contribution in [3.8, 4) is 0 Å². The summed E-state index contributed by atoms with van der Waals surface area (Å²) >= 11 is 1.49. The van der Waals surface area contributed by atoms with Crippen LogP contribution in [0.25, 0.3) is 0 Å². The van der Waals surface area contributed by atoms with E-state index in [2.05, 4.69) is 15.6 Å². The third-order valence-electron chi connectivity index (χ3n) is 1.83. The molecule has 0 aliphatic heterocycles. The smallest absolute Gasteiger partial charge is 0.278 e. The number of rotatable bonds is 3. The molecular weight excluding hydrogens is 244 g/mol. The lowest BCUT2D eigenvalue weighted by Crippen LogP contribution is -2.29. The maximum absolute atomic E-state index is 11.7. The quantitative estimate of drug-likeness (QED) is 0.839. The molecule has 1 heterocycles. The molecule has 6 heteroatoms. The molecule has 1 rings (SSSR count). The predicted molar refractivity (Wildman–Crippen MR) is 69.6 cm³/mol. The maximum atomic E-state index is 11.7. The van der Waals surface area contributed by atoms with E-state index >= 15 is 0 Å². The molecule has 0 bridgehead atoms. The van der Waals surface area contributed by atoms with Crippen LogP contribution in [0.15, 0.2) is 0 Å². The van der Waals surface area contributed by atoms with Crippen LogP contribution < -0.4 is 4.72 Å². The number of carbonyl (C=O) groups is 1. The van der Waals surface area contributed by atoms with Crippen LogP contribution >= 0.6 is 11.3 Å². The number of carbonyl (C=O) groups excluding carboxylic acids is 1. The summed E-state index contributed by atoms with van der Waals surface area (Å²) in [6, 6.07) is 0. The molecule has 1 unspecified atom stereocenters. The first kappa shape index (κ1) is 13.2. The van der Waals surface area contributed by atoms with E-state index in [0.29, 0.717) is 5.69 Å². The molecule has 1 N–H and O–H groups in total. The van der Waals surface area contributed by atoms with Gasteiger partial charge in [0.2, 0.25) is 0 Å². The highest BCUT2D eigenvalue weighted by atomic mass is 32.2. The molecule has 4 nitrogen and oxygen atoms in total. The van der Waals surface area contributed by atoms with Gasteiger partial charge in [-0.25, -0.2) is 9.19 Å². The number of aryl methyl sites for hydroxylation is 1. The first-order valence-corrected chi connectivity index (χ1v) is 7.77. The molecule has 0 radical (unpaired) electrons. The number of nitrogens with zero attached hydrogens (tertiary/aromatic N) is 1. The number of aromatic nitrogens is 1. The second kappa shape index (κ2) is 4.55. The minimum Gasteiger partial charge on any atom is -0.278 e. The van der Waals surface area contributed by atoms with Gasteiger partial charge in [0.1, 0.15) is 5.69 Å². The molecular formula is C10H16N2O2S2. The van der Waals surface area contributed by atoms with Gasteiger partial charge >= 0.3 is 0 Å². The van der Waals surface area contributed by atoms with Crippen LogP contribution in [0.1, 0.15) is 40.1 Å². The molecule has 0 aliphatic rings. The normalized spacial score (nSPS) is 14.8. The van der Waals surface area contributed by atoms with Gasteiger partial charge in [-0.1, -0.05) is 13.8 Å². The molecule has 1 aromatic rings. The second-order valence-electron chi connectivity index (χ2n) is 4.05. The Morgan fingerprint density at radius 3 is 2.50 bits per heavy atom. The van der Waals surface area contributed by atoms with E-state index in [9.17, 15) is 9.00 Å². The van der Waals surface area contributed by atoms with Crippen LogP contribution in [0.3, 0.4) is 0 Å². The van der Waals surface area contributed by atoms with Crippen molar-refractivity contribution in [2.24, 2.45) is 0 Å².